The Kier molecular flexibility index (Phi) is 8.12. The molecule has 0 saturated heterocycles. The molecule has 5 aromatic carbocycles. The number of fused-ring (bicyclic) bond motifs is 10. The number of aryl methyl sites for hydroxylation is 1. The monoisotopic (exact) mass is 891 g/mol. The van der Waals surface area contributed by atoms with Crippen LogP contribution in [0.5, 0.6) is 0 Å². The summed E-state index contributed by atoms with van der Waals surface area (Å²) in [5.41, 5.74) is 7.27. The van der Waals surface area contributed by atoms with Crippen LogP contribution in [0.3, 0.4) is 0 Å². The van der Waals surface area contributed by atoms with Gasteiger partial charge < -0.3 is 14.4 Å². The van der Waals surface area contributed by atoms with E-state index in [1.54, 1.807) is 12.3 Å². The second-order valence-electron chi connectivity index (χ2n) is 15.6. The molecular weight excluding hydrogens is 844 g/mol. The maximum atomic E-state index is 13.6. The molecule has 10 rings (SSSR count). The van der Waals surface area contributed by atoms with Crippen molar-refractivity contribution in [2.75, 3.05) is 0 Å². The molecule has 2 aliphatic rings. The Labute approximate surface area is 336 Å². The van der Waals surface area contributed by atoms with Crippen molar-refractivity contribution in [3.8, 4) is 22.5 Å². The number of halogens is 1. The Hall–Kier alpha value is -4.70. The van der Waals surface area contributed by atoms with Gasteiger partial charge >= 0.3 is 0 Å². The number of hydrogen-bond donors (Lipinski definition) is 0. The second kappa shape index (κ2) is 13.9. The van der Waals surface area contributed by atoms with Crippen LogP contribution in [0.4, 0.5) is 4.39 Å². The summed E-state index contributed by atoms with van der Waals surface area (Å²) in [6.07, 6.45) is 7.46. The smallest absolute Gasteiger partial charge is 0.129 e. The molecule has 0 aliphatic heterocycles. The van der Waals surface area contributed by atoms with Crippen LogP contribution < -0.4 is 0 Å². The third-order valence-corrected chi connectivity index (χ3v) is 12.2. The predicted octanol–water partition coefficient (Wildman–Crippen LogP) is 13.4. The molecule has 0 atom stereocenters. The fourth-order valence-corrected chi connectivity index (χ4v) is 8.55. The molecule has 3 aromatic heterocycles. The van der Waals surface area contributed by atoms with Gasteiger partial charge in [0.1, 0.15) is 5.58 Å². The van der Waals surface area contributed by atoms with Crippen LogP contribution in [0.15, 0.2) is 108 Å². The van der Waals surface area contributed by atoms with Crippen molar-refractivity contribution in [3.05, 3.63) is 144 Å². The maximum Gasteiger partial charge on any atom is 0.129 e. The summed E-state index contributed by atoms with van der Waals surface area (Å²) >= 11 is 0. The topological polar surface area (TPSA) is 38.9 Å². The predicted molar refractivity (Wildman–Crippen MR) is 216 cm³/mol. The van der Waals surface area contributed by atoms with Gasteiger partial charge in [0.25, 0.3) is 0 Å². The summed E-state index contributed by atoms with van der Waals surface area (Å²) in [7, 11) is 0. The van der Waals surface area contributed by atoms with Crippen LogP contribution in [0.2, 0.25) is 0 Å². The van der Waals surface area contributed by atoms with E-state index in [4.69, 9.17) is 8.53 Å². The first-order valence-corrected chi connectivity index (χ1v) is 18.6. The summed E-state index contributed by atoms with van der Waals surface area (Å²) in [6.45, 7) is 6.38. The Bertz CT molecular complexity index is 2870. The molecule has 3 heterocycles. The number of nitrogens with zero attached hydrogens (tertiary/aromatic N) is 2. The van der Waals surface area contributed by atoms with Gasteiger partial charge in [-0.05, 0) is 81.2 Å². The SMILES string of the molecule is CC1(C)c2cc(F)c[c-]c2-c2ncccc2C1(C)C.[2H]C([2H])([2H])c1cnc(-c2[c-]ccc3c2oc2c3ccc3ccc4ccccc4c32)cc1C1([2H])CCCCC1.[Ir]. The van der Waals surface area contributed by atoms with Crippen LogP contribution in [0.25, 0.3) is 66.0 Å². The Morgan fingerprint density at radius 1 is 0.778 bits per heavy atom. The number of aromatic nitrogens is 2. The molecular formula is C49H43FIrN2O-2. The summed E-state index contributed by atoms with van der Waals surface area (Å²) in [5, 5.41) is 6.45. The number of pyridine rings is 2. The van der Waals surface area contributed by atoms with E-state index in [0.717, 1.165) is 74.0 Å². The van der Waals surface area contributed by atoms with Crippen LogP contribution in [0.1, 0.15) is 93.4 Å². The molecule has 2 aliphatic carbocycles. The minimum Gasteiger partial charge on any atom is -0.500 e. The van der Waals surface area contributed by atoms with Crippen molar-refractivity contribution in [1.82, 2.24) is 9.97 Å². The standard InChI is InChI=1S/C32H26NO.C17H17FN.Ir/c1-20-19-33-29(18-28(20)21-8-3-2-4-9-21)27-13-7-12-25-26-17-16-23-15-14-22-10-5-6-11-24(22)30(23)32(26)34-31(25)27;1-16(2)13-6-5-9-19-15(13)12-8-7-11(18)10-14(12)17(16,3)4;/h5-7,10-12,14-19,21H,2-4,8-9H2,1H3;5-7,9-10H,1-4H3;/q2*-1;/i1D3,21D;;. The summed E-state index contributed by atoms with van der Waals surface area (Å²) in [4.78, 5) is 9.10. The van der Waals surface area contributed by atoms with Gasteiger partial charge in [-0.15, -0.1) is 47.5 Å². The third kappa shape index (κ3) is 5.79. The zero-order valence-electron chi connectivity index (χ0n) is 34.9. The third-order valence-electron chi connectivity index (χ3n) is 12.2. The summed E-state index contributed by atoms with van der Waals surface area (Å²) < 4.78 is 53.9. The molecule has 1 fully saturated rings. The number of hydrogen-bond acceptors (Lipinski definition) is 3. The second-order valence-corrected chi connectivity index (χ2v) is 15.6. The normalized spacial score (nSPS) is 17.9. The molecule has 3 nitrogen and oxygen atoms in total. The van der Waals surface area contributed by atoms with Crippen molar-refractivity contribution >= 4 is 43.5 Å². The van der Waals surface area contributed by atoms with Gasteiger partial charge in [-0.25, -0.2) is 0 Å². The van der Waals surface area contributed by atoms with Gasteiger partial charge in [-0.1, -0.05) is 124 Å². The van der Waals surface area contributed by atoms with E-state index in [-0.39, 0.29) is 42.3 Å². The average Bonchev–Trinajstić information content (AvgIpc) is 3.59. The first kappa shape index (κ1) is 31.6. The van der Waals surface area contributed by atoms with Crippen LogP contribution in [-0.4, -0.2) is 9.97 Å². The van der Waals surface area contributed by atoms with Gasteiger partial charge in [0.15, 0.2) is 0 Å². The van der Waals surface area contributed by atoms with E-state index in [2.05, 4.69) is 92.3 Å². The zero-order valence-corrected chi connectivity index (χ0v) is 33.3. The molecule has 5 heteroatoms. The maximum absolute atomic E-state index is 13.6. The number of furan rings is 1. The van der Waals surface area contributed by atoms with E-state index < -0.39 is 12.7 Å². The first-order chi connectivity index (χ1) is 27.2. The minimum atomic E-state index is -2.33. The van der Waals surface area contributed by atoms with Gasteiger partial charge in [0.2, 0.25) is 0 Å². The number of rotatable bonds is 2. The fourth-order valence-electron chi connectivity index (χ4n) is 8.55. The summed E-state index contributed by atoms with van der Waals surface area (Å²) in [6, 6.07) is 36.0. The van der Waals surface area contributed by atoms with Crippen molar-refractivity contribution in [3.63, 3.8) is 0 Å². The molecule has 8 aromatic rings. The molecule has 54 heavy (non-hydrogen) atoms. The van der Waals surface area contributed by atoms with Gasteiger partial charge in [0, 0.05) is 54.6 Å². The van der Waals surface area contributed by atoms with E-state index in [0.29, 0.717) is 35.2 Å². The van der Waals surface area contributed by atoms with Crippen LogP contribution in [-0.2, 0) is 30.9 Å². The van der Waals surface area contributed by atoms with E-state index in [9.17, 15) is 5.76 Å². The van der Waals surface area contributed by atoms with Crippen molar-refractivity contribution in [1.29, 1.82) is 0 Å². The molecule has 0 bridgehead atoms. The average molecular weight is 891 g/mol. The van der Waals surface area contributed by atoms with E-state index >= 15 is 0 Å². The minimum absolute atomic E-state index is 0. The van der Waals surface area contributed by atoms with E-state index in [1.165, 1.54) is 17.8 Å². The Balaban J connectivity index is 0.000000198. The van der Waals surface area contributed by atoms with Gasteiger partial charge in [-0.2, -0.15) is 0 Å². The van der Waals surface area contributed by atoms with E-state index in [1.807, 2.05) is 36.4 Å². The fraction of sp³-hybridized carbons (Fsp3) is 0.265. The van der Waals surface area contributed by atoms with Crippen molar-refractivity contribution < 1.29 is 34.4 Å². The molecule has 273 valence electrons. The molecule has 0 unspecified atom stereocenters. The molecule has 1 radical (unpaired) electrons. The Morgan fingerprint density at radius 3 is 2.37 bits per heavy atom. The zero-order chi connectivity index (χ0) is 39.9. The summed E-state index contributed by atoms with van der Waals surface area (Å²) in [5.74, 6) is -1.17. The van der Waals surface area contributed by atoms with Crippen LogP contribution >= 0.6 is 0 Å². The Morgan fingerprint density at radius 2 is 1.54 bits per heavy atom. The molecule has 0 spiro atoms. The van der Waals surface area contributed by atoms with Gasteiger partial charge in [0.05, 0.1) is 5.58 Å². The quantitative estimate of drug-likeness (QED) is 0.128. The molecule has 0 amide bonds. The molecule has 0 N–H and O–H groups in total. The number of benzene rings is 5. The van der Waals surface area contributed by atoms with Crippen molar-refractivity contribution in [2.45, 2.75) is 83.4 Å². The van der Waals surface area contributed by atoms with Crippen LogP contribution in [0, 0.1) is 24.8 Å². The van der Waals surface area contributed by atoms with Crippen molar-refractivity contribution in [2.24, 2.45) is 0 Å². The largest absolute Gasteiger partial charge is 0.500 e. The van der Waals surface area contributed by atoms with Gasteiger partial charge in [-0.3, -0.25) is 4.39 Å². The first-order valence-electron chi connectivity index (χ1n) is 20.6. The molecule has 1 saturated carbocycles.